The van der Waals surface area contributed by atoms with Gasteiger partial charge in [0.1, 0.15) is 5.69 Å². The van der Waals surface area contributed by atoms with Crippen molar-refractivity contribution in [3.05, 3.63) is 58.0 Å². The molecular weight excluding hydrogens is 244 g/mol. The Labute approximate surface area is 108 Å². The van der Waals surface area contributed by atoms with Gasteiger partial charge in [-0.15, -0.1) is 11.3 Å². The molecule has 4 heteroatoms. The normalized spacial score (nSPS) is 10.7. The quantitative estimate of drug-likeness (QED) is 0.659. The molecule has 0 saturated carbocycles. The molecule has 2 aromatic heterocycles. The van der Waals surface area contributed by atoms with Crippen LogP contribution in [0, 0.1) is 6.92 Å². The van der Waals surface area contributed by atoms with Crippen molar-refractivity contribution in [1.82, 2.24) is 9.97 Å². The lowest BCUT2D eigenvalue weighted by Crippen LogP contribution is -2.05. The highest BCUT2D eigenvalue weighted by Crippen LogP contribution is 2.19. The van der Waals surface area contributed by atoms with Gasteiger partial charge < -0.3 is 0 Å². The predicted octanol–water partition coefficient (Wildman–Crippen LogP) is 3.23. The van der Waals surface area contributed by atoms with Gasteiger partial charge in [0.25, 0.3) is 0 Å². The van der Waals surface area contributed by atoms with Gasteiger partial charge in [0.15, 0.2) is 0 Å². The van der Waals surface area contributed by atoms with Crippen molar-refractivity contribution in [2.75, 3.05) is 0 Å². The molecule has 2 heterocycles. The Morgan fingerprint density at radius 1 is 1.17 bits per heavy atom. The minimum atomic E-state index is -0.0630. The van der Waals surface area contributed by atoms with Crippen LogP contribution in [-0.2, 0) is 0 Å². The molecule has 0 aliphatic heterocycles. The van der Waals surface area contributed by atoms with E-state index in [9.17, 15) is 4.79 Å². The number of thiophene rings is 1. The number of benzene rings is 1. The number of hydrogen-bond acceptors (Lipinski definition) is 4. The van der Waals surface area contributed by atoms with Gasteiger partial charge in [0.05, 0.1) is 17.2 Å². The van der Waals surface area contributed by atoms with Crippen molar-refractivity contribution in [1.29, 1.82) is 0 Å². The van der Waals surface area contributed by atoms with Crippen LogP contribution in [0.3, 0.4) is 0 Å². The van der Waals surface area contributed by atoms with Gasteiger partial charge in [-0.2, -0.15) is 0 Å². The number of carbonyl (C=O) groups excluding carboxylic acids is 1. The molecule has 18 heavy (non-hydrogen) atoms. The molecule has 0 amide bonds. The molecule has 0 N–H and O–H groups in total. The smallest absolute Gasteiger partial charge is 0.214 e. The first kappa shape index (κ1) is 11.0. The summed E-state index contributed by atoms with van der Waals surface area (Å²) in [4.78, 5) is 21.9. The van der Waals surface area contributed by atoms with Crippen LogP contribution < -0.4 is 0 Å². The summed E-state index contributed by atoms with van der Waals surface area (Å²) in [6, 6.07) is 9.37. The fraction of sp³-hybridized carbons (Fsp3) is 0.0714. The first-order valence-electron chi connectivity index (χ1n) is 5.56. The van der Waals surface area contributed by atoms with E-state index in [1.54, 1.807) is 17.5 Å². The third-order valence-electron chi connectivity index (χ3n) is 2.78. The summed E-state index contributed by atoms with van der Waals surface area (Å²) in [7, 11) is 0. The third kappa shape index (κ3) is 1.80. The minimum Gasteiger partial charge on any atom is -0.287 e. The van der Waals surface area contributed by atoms with Gasteiger partial charge in [0, 0.05) is 10.4 Å². The molecule has 3 aromatic rings. The molecular formula is C14H10N2OS. The Morgan fingerprint density at radius 3 is 2.67 bits per heavy atom. The lowest BCUT2D eigenvalue weighted by Gasteiger charge is -2.01. The van der Waals surface area contributed by atoms with Crippen LogP contribution >= 0.6 is 11.3 Å². The van der Waals surface area contributed by atoms with Crippen molar-refractivity contribution < 1.29 is 4.79 Å². The van der Waals surface area contributed by atoms with Crippen molar-refractivity contribution in [3.63, 3.8) is 0 Å². The van der Waals surface area contributed by atoms with E-state index in [2.05, 4.69) is 9.97 Å². The van der Waals surface area contributed by atoms with E-state index in [-0.39, 0.29) is 5.78 Å². The first-order valence-corrected chi connectivity index (χ1v) is 6.44. The zero-order chi connectivity index (χ0) is 12.5. The van der Waals surface area contributed by atoms with E-state index in [0.29, 0.717) is 11.3 Å². The Balaban J connectivity index is 2.10. The highest BCUT2D eigenvalue weighted by atomic mass is 32.1. The summed E-state index contributed by atoms with van der Waals surface area (Å²) in [6.45, 7) is 1.94. The van der Waals surface area contributed by atoms with Gasteiger partial charge in [-0.3, -0.25) is 9.78 Å². The first-order chi connectivity index (χ1) is 8.75. The summed E-state index contributed by atoms with van der Waals surface area (Å²) in [5.41, 5.74) is 2.66. The zero-order valence-electron chi connectivity index (χ0n) is 9.75. The van der Waals surface area contributed by atoms with Crippen molar-refractivity contribution in [2.24, 2.45) is 0 Å². The Bertz CT molecular complexity index is 733. The Kier molecular flexibility index (Phi) is 2.64. The van der Waals surface area contributed by atoms with E-state index in [1.807, 2.05) is 42.6 Å². The number of aromatic nitrogens is 2. The molecule has 0 radical (unpaired) electrons. The average molecular weight is 254 g/mol. The van der Waals surface area contributed by atoms with Crippen LogP contribution in [0.25, 0.3) is 11.0 Å². The largest absolute Gasteiger partial charge is 0.287 e. The van der Waals surface area contributed by atoms with Gasteiger partial charge in [-0.25, -0.2) is 4.98 Å². The van der Waals surface area contributed by atoms with Crippen LogP contribution in [0.4, 0.5) is 0 Å². The van der Waals surface area contributed by atoms with E-state index >= 15 is 0 Å². The van der Waals surface area contributed by atoms with Crippen molar-refractivity contribution >= 4 is 28.2 Å². The topological polar surface area (TPSA) is 42.9 Å². The van der Waals surface area contributed by atoms with Gasteiger partial charge in [0.2, 0.25) is 5.78 Å². The zero-order valence-corrected chi connectivity index (χ0v) is 10.6. The average Bonchev–Trinajstić information content (AvgIpc) is 2.83. The van der Waals surface area contributed by atoms with Crippen LogP contribution in [0.2, 0.25) is 0 Å². The molecule has 0 aliphatic carbocycles. The standard InChI is InChI=1S/C14H10N2OS/c1-9-10(6-7-18-9)14(17)13-8-15-11-4-2-3-5-12(11)16-13/h2-8H,1H3. The predicted molar refractivity (Wildman–Crippen MR) is 72.0 cm³/mol. The molecule has 0 spiro atoms. The van der Waals surface area contributed by atoms with Crippen LogP contribution in [-0.4, -0.2) is 15.8 Å². The lowest BCUT2D eigenvalue weighted by atomic mass is 10.1. The molecule has 0 aliphatic rings. The summed E-state index contributed by atoms with van der Waals surface area (Å²) in [5.74, 6) is -0.0630. The monoisotopic (exact) mass is 254 g/mol. The molecule has 3 rings (SSSR count). The van der Waals surface area contributed by atoms with Gasteiger partial charge >= 0.3 is 0 Å². The second-order valence-electron chi connectivity index (χ2n) is 3.96. The second-order valence-corrected chi connectivity index (χ2v) is 5.08. The third-order valence-corrected chi connectivity index (χ3v) is 3.63. The molecule has 0 saturated heterocycles. The van der Waals surface area contributed by atoms with Crippen LogP contribution in [0.5, 0.6) is 0 Å². The number of para-hydroxylation sites is 2. The maximum absolute atomic E-state index is 12.3. The maximum atomic E-state index is 12.3. The van der Waals surface area contributed by atoms with Crippen LogP contribution in [0.15, 0.2) is 41.9 Å². The molecule has 3 nitrogen and oxygen atoms in total. The second kappa shape index (κ2) is 4.31. The summed E-state index contributed by atoms with van der Waals surface area (Å²) < 4.78 is 0. The number of fused-ring (bicyclic) bond motifs is 1. The summed E-state index contributed by atoms with van der Waals surface area (Å²) in [6.07, 6.45) is 1.54. The molecule has 0 unspecified atom stereocenters. The van der Waals surface area contributed by atoms with Crippen molar-refractivity contribution in [3.8, 4) is 0 Å². The van der Waals surface area contributed by atoms with E-state index in [4.69, 9.17) is 0 Å². The van der Waals surface area contributed by atoms with Gasteiger partial charge in [-0.1, -0.05) is 12.1 Å². The number of hydrogen-bond donors (Lipinski definition) is 0. The SMILES string of the molecule is Cc1sccc1C(=O)c1cnc2ccccc2n1. The molecule has 0 bridgehead atoms. The molecule has 0 fully saturated rings. The maximum Gasteiger partial charge on any atom is 0.214 e. The fourth-order valence-corrected chi connectivity index (χ4v) is 2.52. The number of aryl methyl sites for hydroxylation is 1. The number of nitrogens with zero attached hydrogens (tertiary/aromatic N) is 2. The van der Waals surface area contributed by atoms with Crippen molar-refractivity contribution in [2.45, 2.75) is 6.92 Å². The Hall–Kier alpha value is -2.07. The lowest BCUT2D eigenvalue weighted by molar-refractivity contribution is 0.103. The summed E-state index contributed by atoms with van der Waals surface area (Å²) in [5, 5.41) is 1.91. The van der Waals surface area contributed by atoms with E-state index in [0.717, 1.165) is 15.9 Å². The Morgan fingerprint density at radius 2 is 1.94 bits per heavy atom. The van der Waals surface area contributed by atoms with E-state index in [1.165, 1.54) is 0 Å². The molecule has 88 valence electrons. The highest BCUT2D eigenvalue weighted by molar-refractivity contribution is 7.10. The number of carbonyl (C=O) groups is 1. The van der Waals surface area contributed by atoms with Crippen LogP contribution in [0.1, 0.15) is 20.9 Å². The summed E-state index contributed by atoms with van der Waals surface area (Å²) >= 11 is 1.56. The molecule has 1 aromatic carbocycles. The number of ketones is 1. The fourth-order valence-electron chi connectivity index (χ4n) is 1.83. The van der Waals surface area contributed by atoms with E-state index < -0.39 is 0 Å². The number of rotatable bonds is 2. The molecule has 0 atom stereocenters. The van der Waals surface area contributed by atoms with Gasteiger partial charge in [-0.05, 0) is 30.5 Å². The highest BCUT2D eigenvalue weighted by Gasteiger charge is 2.14. The minimum absolute atomic E-state index is 0.0630.